The predicted octanol–water partition coefficient (Wildman–Crippen LogP) is 5.51. The molecule has 0 aliphatic rings. The van der Waals surface area contributed by atoms with Crippen LogP contribution in [-0.4, -0.2) is 29.6 Å². The fourth-order valence-corrected chi connectivity index (χ4v) is 3.43. The Hall–Kier alpha value is -3.82. The molecule has 0 radical (unpaired) electrons. The van der Waals surface area contributed by atoms with Crippen molar-refractivity contribution in [1.82, 2.24) is 29.6 Å². The van der Waals surface area contributed by atoms with Gasteiger partial charge in [0.1, 0.15) is 11.6 Å². The van der Waals surface area contributed by atoms with E-state index in [9.17, 15) is 4.39 Å². The standard InChI is InChI=1S/C23H20F4N6/c1-4-6-7-14(12-15(24)5-2)18-10-11-20-28-29-22(33(20)31-18)23(26,27)17-8-9-19-16(21(17)25)13-32(3)30-19/h4-6,8-13H,7H2,1-3H3/b6-4-,14-12+,15-5+. The molecular formula is C23H20F4N6. The van der Waals surface area contributed by atoms with E-state index in [0.29, 0.717) is 12.0 Å². The van der Waals surface area contributed by atoms with Crippen LogP contribution in [0.4, 0.5) is 17.6 Å². The molecule has 0 aliphatic heterocycles. The number of alkyl halides is 2. The van der Waals surface area contributed by atoms with Gasteiger partial charge in [0.25, 0.3) is 0 Å². The summed E-state index contributed by atoms with van der Waals surface area (Å²) >= 11 is 0. The van der Waals surface area contributed by atoms with Gasteiger partial charge in [-0.2, -0.15) is 23.5 Å². The summed E-state index contributed by atoms with van der Waals surface area (Å²) in [5.74, 6) is -6.28. The summed E-state index contributed by atoms with van der Waals surface area (Å²) in [6.45, 7) is 3.36. The molecule has 0 saturated heterocycles. The van der Waals surface area contributed by atoms with Crippen LogP contribution in [0.3, 0.4) is 0 Å². The maximum Gasteiger partial charge on any atom is 0.336 e. The average Bonchev–Trinajstić information content (AvgIpc) is 3.39. The van der Waals surface area contributed by atoms with E-state index in [1.165, 1.54) is 35.2 Å². The van der Waals surface area contributed by atoms with Crippen LogP contribution in [0.5, 0.6) is 0 Å². The summed E-state index contributed by atoms with van der Waals surface area (Å²) in [6.07, 6.45) is 7.81. The number of halogens is 4. The van der Waals surface area contributed by atoms with E-state index in [2.05, 4.69) is 20.4 Å². The fourth-order valence-electron chi connectivity index (χ4n) is 3.43. The van der Waals surface area contributed by atoms with Gasteiger partial charge in [0.05, 0.1) is 22.2 Å². The topological polar surface area (TPSA) is 60.9 Å². The van der Waals surface area contributed by atoms with Gasteiger partial charge in [-0.05, 0) is 56.2 Å². The van der Waals surface area contributed by atoms with E-state index in [1.807, 2.05) is 6.92 Å². The molecule has 0 atom stereocenters. The van der Waals surface area contributed by atoms with E-state index >= 15 is 13.2 Å². The van der Waals surface area contributed by atoms with Gasteiger partial charge in [0, 0.05) is 13.2 Å². The van der Waals surface area contributed by atoms with Crippen LogP contribution < -0.4 is 0 Å². The Morgan fingerprint density at radius 3 is 2.61 bits per heavy atom. The van der Waals surface area contributed by atoms with Gasteiger partial charge in [-0.1, -0.05) is 18.2 Å². The number of hydrogen-bond acceptors (Lipinski definition) is 4. The zero-order chi connectivity index (χ0) is 23.8. The molecule has 6 nitrogen and oxygen atoms in total. The molecule has 4 rings (SSSR count). The van der Waals surface area contributed by atoms with Gasteiger partial charge < -0.3 is 0 Å². The second-order valence-electron chi connectivity index (χ2n) is 7.37. The van der Waals surface area contributed by atoms with Gasteiger partial charge in [-0.25, -0.2) is 8.78 Å². The van der Waals surface area contributed by atoms with Crippen LogP contribution in [0.15, 0.2) is 60.6 Å². The summed E-state index contributed by atoms with van der Waals surface area (Å²) in [5, 5.41) is 15.6. The molecule has 10 heteroatoms. The molecule has 3 heterocycles. The second-order valence-corrected chi connectivity index (χ2v) is 7.37. The monoisotopic (exact) mass is 456 g/mol. The number of aryl methyl sites for hydroxylation is 1. The SMILES string of the molecule is C/C=C\C/C(=C\C(F)=C/C)c1ccc2nnc(C(F)(F)c3ccc4nn(C)cc4c3F)n2n1. The van der Waals surface area contributed by atoms with E-state index < -0.39 is 29.0 Å². The highest BCUT2D eigenvalue weighted by atomic mass is 19.3. The number of hydrogen-bond donors (Lipinski definition) is 0. The molecule has 0 N–H and O–H groups in total. The van der Waals surface area contributed by atoms with Crippen molar-refractivity contribution >= 4 is 22.1 Å². The van der Waals surface area contributed by atoms with Crippen molar-refractivity contribution in [3.05, 3.63) is 83.5 Å². The van der Waals surface area contributed by atoms with Gasteiger partial charge in [-0.15, -0.1) is 10.2 Å². The summed E-state index contributed by atoms with van der Waals surface area (Å²) in [6, 6.07) is 5.30. The second kappa shape index (κ2) is 8.61. The highest BCUT2D eigenvalue weighted by molar-refractivity contribution is 5.80. The fraction of sp³-hybridized carbons (Fsp3) is 0.217. The molecule has 3 aromatic heterocycles. The third kappa shape index (κ3) is 4.04. The zero-order valence-electron chi connectivity index (χ0n) is 18.1. The van der Waals surface area contributed by atoms with Gasteiger partial charge in [0.2, 0.25) is 5.82 Å². The van der Waals surface area contributed by atoms with Crippen LogP contribution in [0.1, 0.15) is 37.4 Å². The van der Waals surface area contributed by atoms with Crippen molar-refractivity contribution in [2.24, 2.45) is 7.05 Å². The minimum atomic E-state index is -3.85. The van der Waals surface area contributed by atoms with Crippen LogP contribution in [0.2, 0.25) is 0 Å². The molecule has 33 heavy (non-hydrogen) atoms. The van der Waals surface area contributed by atoms with Crippen molar-refractivity contribution in [2.45, 2.75) is 26.2 Å². The minimum absolute atomic E-state index is 0.0319. The summed E-state index contributed by atoms with van der Waals surface area (Å²) in [7, 11) is 1.57. The molecule has 4 aromatic rings. The summed E-state index contributed by atoms with van der Waals surface area (Å²) < 4.78 is 62.2. The number of allylic oxidation sites excluding steroid dienone is 6. The Morgan fingerprint density at radius 1 is 1.09 bits per heavy atom. The van der Waals surface area contributed by atoms with Crippen LogP contribution >= 0.6 is 0 Å². The smallest absolute Gasteiger partial charge is 0.274 e. The molecular weight excluding hydrogens is 436 g/mol. The third-order valence-electron chi connectivity index (χ3n) is 5.11. The van der Waals surface area contributed by atoms with E-state index in [0.717, 1.165) is 10.6 Å². The highest BCUT2D eigenvalue weighted by Crippen LogP contribution is 2.38. The summed E-state index contributed by atoms with van der Waals surface area (Å²) in [4.78, 5) is 0. The number of aromatic nitrogens is 6. The lowest BCUT2D eigenvalue weighted by Gasteiger charge is -2.16. The maximum absolute atomic E-state index is 15.5. The lowest BCUT2D eigenvalue weighted by molar-refractivity contribution is 0.0271. The van der Waals surface area contributed by atoms with Crippen molar-refractivity contribution in [3.8, 4) is 0 Å². The zero-order valence-corrected chi connectivity index (χ0v) is 18.1. The molecule has 0 spiro atoms. The molecule has 1 aromatic carbocycles. The minimum Gasteiger partial charge on any atom is -0.274 e. The van der Waals surface area contributed by atoms with Gasteiger partial charge in [-0.3, -0.25) is 4.68 Å². The highest BCUT2D eigenvalue weighted by Gasteiger charge is 2.43. The molecule has 0 bridgehead atoms. The number of nitrogens with zero attached hydrogens (tertiary/aromatic N) is 6. The molecule has 0 aliphatic carbocycles. The Balaban J connectivity index is 1.86. The van der Waals surface area contributed by atoms with Crippen molar-refractivity contribution in [2.75, 3.05) is 0 Å². The Morgan fingerprint density at radius 2 is 1.88 bits per heavy atom. The van der Waals surface area contributed by atoms with Gasteiger partial charge >= 0.3 is 5.92 Å². The van der Waals surface area contributed by atoms with Gasteiger partial charge in [0.15, 0.2) is 5.65 Å². The van der Waals surface area contributed by atoms with Crippen molar-refractivity contribution in [1.29, 1.82) is 0 Å². The molecule has 0 fully saturated rings. The molecule has 0 unspecified atom stereocenters. The first-order chi connectivity index (χ1) is 15.8. The van der Waals surface area contributed by atoms with E-state index in [4.69, 9.17) is 0 Å². The first-order valence-electron chi connectivity index (χ1n) is 10.1. The van der Waals surface area contributed by atoms with Crippen LogP contribution in [-0.2, 0) is 13.0 Å². The molecule has 0 saturated carbocycles. The molecule has 0 amide bonds. The first kappa shape index (κ1) is 22.4. The number of benzene rings is 1. The van der Waals surface area contributed by atoms with E-state index in [1.54, 1.807) is 32.2 Å². The Labute approximate surface area is 186 Å². The predicted molar refractivity (Wildman–Crippen MR) is 117 cm³/mol. The first-order valence-corrected chi connectivity index (χ1v) is 10.1. The van der Waals surface area contributed by atoms with Crippen molar-refractivity contribution < 1.29 is 17.6 Å². The Kier molecular flexibility index (Phi) is 5.84. The number of rotatable bonds is 6. The van der Waals surface area contributed by atoms with Crippen molar-refractivity contribution in [3.63, 3.8) is 0 Å². The Bertz CT molecular complexity index is 1430. The third-order valence-corrected chi connectivity index (χ3v) is 5.11. The normalized spacial score (nSPS) is 13.7. The lowest BCUT2D eigenvalue weighted by Crippen LogP contribution is -2.22. The largest absolute Gasteiger partial charge is 0.336 e. The van der Waals surface area contributed by atoms with Crippen LogP contribution in [0.25, 0.3) is 22.1 Å². The quantitative estimate of drug-likeness (QED) is 0.218. The number of fused-ring (bicyclic) bond motifs is 2. The summed E-state index contributed by atoms with van der Waals surface area (Å²) in [5.41, 5.74) is 0.169. The van der Waals surface area contributed by atoms with Crippen LogP contribution in [0, 0.1) is 5.82 Å². The average molecular weight is 456 g/mol. The molecule has 170 valence electrons. The lowest BCUT2D eigenvalue weighted by atomic mass is 10.0. The van der Waals surface area contributed by atoms with E-state index in [-0.39, 0.29) is 22.2 Å². The maximum atomic E-state index is 15.5.